The highest BCUT2D eigenvalue weighted by atomic mass is 32.2. The minimum Gasteiger partial charge on any atom is -0.305 e. The molecule has 142 valence electrons. The molecule has 0 saturated heterocycles. The minimum absolute atomic E-state index is 0.00341. The number of benzene rings is 3. The predicted molar refractivity (Wildman–Crippen MR) is 110 cm³/mol. The topological polar surface area (TPSA) is 66.5 Å². The number of rotatable bonds is 4. The molecule has 1 aliphatic rings. The molecule has 1 N–H and O–H groups in total. The van der Waals surface area contributed by atoms with Crippen LogP contribution < -0.4 is 9.62 Å². The SMILES string of the molecule is C[C@@H]1Cc2ccccc2N1C(=O)c1ccccc1NS(=O)(=O)c1ccccc1. The van der Waals surface area contributed by atoms with E-state index in [4.69, 9.17) is 0 Å². The van der Waals surface area contributed by atoms with Gasteiger partial charge >= 0.3 is 0 Å². The van der Waals surface area contributed by atoms with Gasteiger partial charge in [-0.05, 0) is 49.2 Å². The van der Waals surface area contributed by atoms with Crippen molar-refractivity contribution in [1.82, 2.24) is 0 Å². The number of nitrogens with zero attached hydrogens (tertiary/aromatic N) is 1. The van der Waals surface area contributed by atoms with Crippen LogP contribution in [0.25, 0.3) is 0 Å². The maximum atomic E-state index is 13.4. The quantitative estimate of drug-likeness (QED) is 0.728. The Morgan fingerprint density at radius 2 is 1.57 bits per heavy atom. The predicted octanol–water partition coefficient (Wildman–Crippen LogP) is 4.08. The van der Waals surface area contributed by atoms with Gasteiger partial charge in [0.2, 0.25) is 0 Å². The second-order valence-electron chi connectivity index (χ2n) is 6.82. The zero-order valence-electron chi connectivity index (χ0n) is 15.4. The van der Waals surface area contributed by atoms with Crippen LogP contribution in [0.2, 0.25) is 0 Å². The van der Waals surface area contributed by atoms with Gasteiger partial charge in [-0.25, -0.2) is 8.42 Å². The molecule has 3 aromatic rings. The zero-order chi connectivity index (χ0) is 19.7. The molecule has 0 saturated carbocycles. The molecule has 28 heavy (non-hydrogen) atoms. The number of anilines is 2. The lowest BCUT2D eigenvalue weighted by molar-refractivity contribution is 0.0982. The number of fused-ring (bicyclic) bond motifs is 1. The van der Waals surface area contributed by atoms with E-state index in [1.165, 1.54) is 12.1 Å². The number of hydrogen-bond acceptors (Lipinski definition) is 3. The van der Waals surface area contributed by atoms with Crippen LogP contribution in [0, 0.1) is 0 Å². The minimum atomic E-state index is -3.79. The van der Waals surface area contributed by atoms with E-state index in [1.54, 1.807) is 47.4 Å². The van der Waals surface area contributed by atoms with Gasteiger partial charge < -0.3 is 4.90 Å². The van der Waals surface area contributed by atoms with Gasteiger partial charge in [0, 0.05) is 11.7 Å². The number of para-hydroxylation sites is 2. The Bertz CT molecular complexity index is 1130. The van der Waals surface area contributed by atoms with Gasteiger partial charge in [0.05, 0.1) is 16.1 Å². The molecule has 0 spiro atoms. The first-order valence-corrected chi connectivity index (χ1v) is 10.5. The number of sulfonamides is 1. The maximum absolute atomic E-state index is 13.4. The van der Waals surface area contributed by atoms with Crippen LogP contribution >= 0.6 is 0 Å². The maximum Gasteiger partial charge on any atom is 0.261 e. The Kier molecular flexibility index (Phi) is 4.65. The molecule has 0 unspecified atom stereocenters. The van der Waals surface area contributed by atoms with E-state index in [2.05, 4.69) is 4.72 Å². The van der Waals surface area contributed by atoms with Crippen LogP contribution in [0.3, 0.4) is 0 Å². The number of hydrogen-bond donors (Lipinski definition) is 1. The highest BCUT2D eigenvalue weighted by Crippen LogP contribution is 2.34. The molecule has 5 nitrogen and oxygen atoms in total. The summed E-state index contributed by atoms with van der Waals surface area (Å²) in [6, 6.07) is 22.6. The lowest BCUT2D eigenvalue weighted by Crippen LogP contribution is -2.36. The third-order valence-electron chi connectivity index (χ3n) is 4.88. The Hall–Kier alpha value is -3.12. The van der Waals surface area contributed by atoms with Gasteiger partial charge in [-0.3, -0.25) is 9.52 Å². The smallest absolute Gasteiger partial charge is 0.261 e. The van der Waals surface area contributed by atoms with Crippen molar-refractivity contribution in [2.75, 3.05) is 9.62 Å². The Balaban J connectivity index is 1.70. The summed E-state index contributed by atoms with van der Waals surface area (Å²) < 4.78 is 28.0. The molecule has 0 aliphatic carbocycles. The summed E-state index contributed by atoms with van der Waals surface area (Å²) in [4.78, 5) is 15.2. The highest BCUT2D eigenvalue weighted by molar-refractivity contribution is 7.92. The van der Waals surface area contributed by atoms with Crippen LogP contribution in [0.1, 0.15) is 22.8 Å². The lowest BCUT2D eigenvalue weighted by Gasteiger charge is -2.24. The number of amides is 1. The fourth-order valence-electron chi connectivity index (χ4n) is 3.57. The van der Waals surface area contributed by atoms with Gasteiger partial charge in [-0.2, -0.15) is 0 Å². The average Bonchev–Trinajstić information content (AvgIpc) is 3.04. The van der Waals surface area contributed by atoms with Crippen molar-refractivity contribution < 1.29 is 13.2 Å². The van der Waals surface area contributed by atoms with E-state index < -0.39 is 10.0 Å². The normalized spacial score (nSPS) is 15.9. The third kappa shape index (κ3) is 3.27. The molecular formula is C22H20N2O3S. The van der Waals surface area contributed by atoms with E-state index in [9.17, 15) is 13.2 Å². The number of nitrogens with one attached hydrogen (secondary N) is 1. The first-order chi connectivity index (χ1) is 13.5. The van der Waals surface area contributed by atoms with Gasteiger partial charge in [-0.1, -0.05) is 48.5 Å². The fraction of sp³-hybridized carbons (Fsp3) is 0.136. The van der Waals surface area contributed by atoms with E-state index in [0.29, 0.717) is 5.56 Å². The summed E-state index contributed by atoms with van der Waals surface area (Å²) in [5, 5.41) is 0. The standard InChI is InChI=1S/C22H20N2O3S/c1-16-15-17-9-5-8-14-21(17)24(16)22(25)19-12-6-7-13-20(19)23-28(26,27)18-10-3-2-4-11-18/h2-14,16,23H,15H2,1H3/t16-/m1/s1. The van der Waals surface area contributed by atoms with Crippen molar-refractivity contribution >= 4 is 27.3 Å². The molecule has 3 aromatic carbocycles. The van der Waals surface area contributed by atoms with Crippen molar-refractivity contribution in [3.63, 3.8) is 0 Å². The molecular weight excluding hydrogens is 372 g/mol. The summed E-state index contributed by atoms with van der Waals surface area (Å²) in [6.45, 7) is 1.99. The summed E-state index contributed by atoms with van der Waals surface area (Å²) >= 11 is 0. The molecule has 1 amide bonds. The van der Waals surface area contributed by atoms with Crippen LogP contribution in [-0.2, 0) is 16.4 Å². The van der Waals surface area contributed by atoms with Crippen LogP contribution in [0.4, 0.5) is 11.4 Å². The molecule has 1 aliphatic heterocycles. The average molecular weight is 392 g/mol. The van der Waals surface area contributed by atoms with E-state index >= 15 is 0 Å². The van der Waals surface area contributed by atoms with Gasteiger partial charge in [0.15, 0.2) is 0 Å². The molecule has 1 atom stereocenters. The van der Waals surface area contributed by atoms with E-state index in [0.717, 1.165) is 17.7 Å². The monoisotopic (exact) mass is 392 g/mol. The lowest BCUT2D eigenvalue weighted by atomic mass is 10.1. The highest BCUT2D eigenvalue weighted by Gasteiger charge is 2.32. The van der Waals surface area contributed by atoms with Gasteiger partial charge in [0.1, 0.15) is 0 Å². The van der Waals surface area contributed by atoms with Crippen molar-refractivity contribution in [3.8, 4) is 0 Å². The molecule has 6 heteroatoms. The molecule has 0 radical (unpaired) electrons. The zero-order valence-corrected chi connectivity index (χ0v) is 16.2. The third-order valence-corrected chi connectivity index (χ3v) is 6.26. The summed E-state index contributed by atoms with van der Waals surface area (Å²) in [5.74, 6) is -0.219. The Labute approximate surface area is 164 Å². The van der Waals surface area contributed by atoms with Crippen molar-refractivity contribution in [3.05, 3.63) is 90.0 Å². The molecule has 4 rings (SSSR count). The van der Waals surface area contributed by atoms with Crippen LogP contribution in [0.15, 0.2) is 83.8 Å². The van der Waals surface area contributed by atoms with Crippen LogP contribution in [0.5, 0.6) is 0 Å². The Morgan fingerprint density at radius 1 is 0.929 bits per heavy atom. The summed E-state index contributed by atoms with van der Waals surface area (Å²) in [6.07, 6.45) is 0.778. The van der Waals surface area contributed by atoms with Gasteiger partial charge in [-0.15, -0.1) is 0 Å². The van der Waals surface area contributed by atoms with Crippen LogP contribution in [-0.4, -0.2) is 20.4 Å². The van der Waals surface area contributed by atoms with Gasteiger partial charge in [0.25, 0.3) is 15.9 Å². The van der Waals surface area contributed by atoms with Crippen molar-refractivity contribution in [2.45, 2.75) is 24.3 Å². The first kappa shape index (κ1) is 18.3. The number of carbonyl (C=O) groups excluding carboxylic acids is 1. The second kappa shape index (κ2) is 7.13. The second-order valence-corrected chi connectivity index (χ2v) is 8.50. The molecule has 0 bridgehead atoms. The van der Waals surface area contributed by atoms with Crippen molar-refractivity contribution in [2.24, 2.45) is 0 Å². The largest absolute Gasteiger partial charge is 0.305 e. The molecule has 1 heterocycles. The molecule has 0 aromatic heterocycles. The van der Waals surface area contributed by atoms with E-state index in [1.807, 2.05) is 31.2 Å². The van der Waals surface area contributed by atoms with E-state index in [-0.39, 0.29) is 22.5 Å². The molecule has 0 fully saturated rings. The summed E-state index contributed by atoms with van der Waals surface area (Å²) in [5.41, 5.74) is 2.59. The Morgan fingerprint density at radius 3 is 2.36 bits per heavy atom. The number of carbonyl (C=O) groups is 1. The first-order valence-electron chi connectivity index (χ1n) is 9.06. The fourth-order valence-corrected chi connectivity index (χ4v) is 4.67. The summed E-state index contributed by atoms with van der Waals surface area (Å²) in [7, 11) is -3.79. The van der Waals surface area contributed by atoms with Crippen molar-refractivity contribution in [1.29, 1.82) is 0 Å².